The fraction of sp³-hybridized carbons (Fsp3) is 0.462. The first-order valence-corrected chi connectivity index (χ1v) is 5.76. The third-order valence-corrected chi connectivity index (χ3v) is 2.55. The molecule has 0 amide bonds. The van der Waals surface area contributed by atoms with Crippen LogP contribution in [0, 0.1) is 0 Å². The number of cyclic esters (lactones) is 1. The Hall–Kier alpha value is -1.39. The van der Waals surface area contributed by atoms with Crippen LogP contribution >= 0.6 is 0 Å². The largest absolute Gasteiger partial charge is 0.464 e. The van der Waals surface area contributed by atoms with Crippen LogP contribution in [0.25, 0.3) is 0 Å². The SMILES string of the molecule is O=C1OCCC1OCCOCc1ccccc1. The molecule has 1 aromatic rings. The number of carbonyl (C=O) groups excluding carboxylic acids is 1. The van der Waals surface area contributed by atoms with Crippen LogP contribution in [0.2, 0.25) is 0 Å². The van der Waals surface area contributed by atoms with Crippen LogP contribution in [-0.4, -0.2) is 31.9 Å². The van der Waals surface area contributed by atoms with Crippen molar-refractivity contribution in [1.82, 2.24) is 0 Å². The Labute approximate surface area is 100 Å². The van der Waals surface area contributed by atoms with E-state index in [9.17, 15) is 4.79 Å². The molecule has 1 unspecified atom stereocenters. The molecule has 0 aliphatic carbocycles. The quantitative estimate of drug-likeness (QED) is 0.555. The summed E-state index contributed by atoms with van der Waals surface area (Å²) in [5, 5.41) is 0. The predicted octanol–water partition coefficient (Wildman–Crippen LogP) is 1.54. The maximum absolute atomic E-state index is 11.1. The normalized spacial score (nSPS) is 19.3. The zero-order chi connectivity index (χ0) is 11.9. The molecule has 4 heteroatoms. The van der Waals surface area contributed by atoms with Crippen LogP contribution in [0.1, 0.15) is 12.0 Å². The Morgan fingerprint density at radius 3 is 2.76 bits per heavy atom. The summed E-state index contributed by atoms with van der Waals surface area (Å²) in [4.78, 5) is 11.1. The van der Waals surface area contributed by atoms with Crippen LogP contribution in [0.15, 0.2) is 30.3 Å². The maximum atomic E-state index is 11.1. The third kappa shape index (κ3) is 3.84. The zero-order valence-electron chi connectivity index (χ0n) is 9.63. The van der Waals surface area contributed by atoms with E-state index in [4.69, 9.17) is 14.2 Å². The van der Waals surface area contributed by atoms with Crippen LogP contribution in [0.3, 0.4) is 0 Å². The molecule has 17 heavy (non-hydrogen) atoms. The van der Waals surface area contributed by atoms with E-state index in [-0.39, 0.29) is 5.97 Å². The van der Waals surface area contributed by atoms with Gasteiger partial charge in [0.05, 0.1) is 26.4 Å². The van der Waals surface area contributed by atoms with Crippen molar-refractivity contribution in [3.05, 3.63) is 35.9 Å². The summed E-state index contributed by atoms with van der Waals surface area (Å²) in [5.41, 5.74) is 1.13. The van der Waals surface area contributed by atoms with E-state index in [1.165, 1.54) is 0 Å². The minimum Gasteiger partial charge on any atom is -0.464 e. The van der Waals surface area contributed by atoms with Crippen LogP contribution in [-0.2, 0) is 25.6 Å². The first-order chi connectivity index (χ1) is 8.36. The molecule has 0 bridgehead atoms. The highest BCUT2D eigenvalue weighted by Crippen LogP contribution is 2.09. The monoisotopic (exact) mass is 236 g/mol. The second-order valence-electron chi connectivity index (χ2n) is 3.85. The fourth-order valence-corrected chi connectivity index (χ4v) is 1.64. The predicted molar refractivity (Wildman–Crippen MR) is 61.4 cm³/mol. The summed E-state index contributed by atoms with van der Waals surface area (Å²) in [6.45, 7) is 1.94. The van der Waals surface area contributed by atoms with Gasteiger partial charge in [-0.15, -0.1) is 0 Å². The lowest BCUT2D eigenvalue weighted by atomic mass is 10.2. The highest BCUT2D eigenvalue weighted by molar-refractivity contribution is 5.76. The van der Waals surface area contributed by atoms with E-state index in [0.29, 0.717) is 32.8 Å². The van der Waals surface area contributed by atoms with E-state index in [0.717, 1.165) is 5.56 Å². The highest BCUT2D eigenvalue weighted by Gasteiger charge is 2.26. The molecule has 0 spiro atoms. The minimum atomic E-state index is -0.393. The molecule has 0 aromatic heterocycles. The van der Waals surface area contributed by atoms with Gasteiger partial charge in [0.25, 0.3) is 0 Å². The van der Waals surface area contributed by atoms with Crippen LogP contribution in [0.4, 0.5) is 0 Å². The molecule has 1 heterocycles. The van der Waals surface area contributed by atoms with Gasteiger partial charge in [-0.2, -0.15) is 0 Å². The van der Waals surface area contributed by atoms with Crippen molar-refractivity contribution in [1.29, 1.82) is 0 Å². The second-order valence-corrected chi connectivity index (χ2v) is 3.85. The van der Waals surface area contributed by atoms with E-state index < -0.39 is 6.10 Å². The van der Waals surface area contributed by atoms with Gasteiger partial charge in [0.15, 0.2) is 6.10 Å². The molecule has 0 N–H and O–H groups in total. The molecular formula is C13H16O4. The second kappa shape index (κ2) is 6.37. The Bertz CT molecular complexity index is 350. The van der Waals surface area contributed by atoms with Gasteiger partial charge in [-0.1, -0.05) is 30.3 Å². The minimum absolute atomic E-state index is 0.256. The molecule has 92 valence electrons. The lowest BCUT2D eigenvalue weighted by Gasteiger charge is -2.08. The lowest BCUT2D eigenvalue weighted by Crippen LogP contribution is -2.20. The first-order valence-electron chi connectivity index (χ1n) is 5.76. The van der Waals surface area contributed by atoms with Gasteiger partial charge >= 0.3 is 5.97 Å². The topological polar surface area (TPSA) is 44.8 Å². The van der Waals surface area contributed by atoms with Crippen molar-refractivity contribution in [2.45, 2.75) is 19.1 Å². The number of benzene rings is 1. The molecule has 1 saturated heterocycles. The Morgan fingerprint density at radius 2 is 2.06 bits per heavy atom. The lowest BCUT2D eigenvalue weighted by molar-refractivity contribution is -0.148. The summed E-state index contributed by atoms with van der Waals surface area (Å²) in [6, 6.07) is 9.94. The smallest absolute Gasteiger partial charge is 0.335 e. The average Bonchev–Trinajstić information content (AvgIpc) is 2.76. The maximum Gasteiger partial charge on any atom is 0.335 e. The molecule has 0 radical (unpaired) electrons. The van der Waals surface area contributed by atoms with Gasteiger partial charge in [0, 0.05) is 6.42 Å². The molecule has 1 aliphatic heterocycles. The molecule has 1 fully saturated rings. The van der Waals surface area contributed by atoms with Crippen molar-refractivity contribution in [3.8, 4) is 0 Å². The highest BCUT2D eigenvalue weighted by atomic mass is 16.6. The van der Waals surface area contributed by atoms with Gasteiger partial charge in [0.2, 0.25) is 0 Å². The molecular weight excluding hydrogens is 220 g/mol. The van der Waals surface area contributed by atoms with Crippen molar-refractivity contribution >= 4 is 5.97 Å². The van der Waals surface area contributed by atoms with E-state index in [1.807, 2.05) is 30.3 Å². The first kappa shape index (κ1) is 12.1. The summed E-state index contributed by atoms with van der Waals surface area (Å²) in [6.07, 6.45) is 0.257. The number of ether oxygens (including phenoxy) is 3. The van der Waals surface area contributed by atoms with Crippen LogP contribution < -0.4 is 0 Å². The standard InChI is InChI=1S/C13H16O4/c14-13-12(6-7-17-13)16-9-8-15-10-11-4-2-1-3-5-11/h1-5,12H,6-10H2. The Morgan fingerprint density at radius 1 is 1.24 bits per heavy atom. The molecule has 1 aromatic carbocycles. The van der Waals surface area contributed by atoms with E-state index in [2.05, 4.69) is 0 Å². The number of rotatable bonds is 6. The van der Waals surface area contributed by atoms with Gasteiger partial charge in [-0.3, -0.25) is 0 Å². The van der Waals surface area contributed by atoms with Crippen molar-refractivity contribution < 1.29 is 19.0 Å². The van der Waals surface area contributed by atoms with Crippen molar-refractivity contribution in [2.24, 2.45) is 0 Å². The summed E-state index contributed by atoms with van der Waals surface area (Å²) in [7, 11) is 0. The van der Waals surface area contributed by atoms with Crippen molar-refractivity contribution in [3.63, 3.8) is 0 Å². The molecule has 1 aliphatic rings. The number of hydrogen-bond acceptors (Lipinski definition) is 4. The molecule has 2 rings (SSSR count). The van der Waals surface area contributed by atoms with Gasteiger partial charge in [-0.25, -0.2) is 4.79 Å². The van der Waals surface area contributed by atoms with Crippen LogP contribution in [0.5, 0.6) is 0 Å². The zero-order valence-corrected chi connectivity index (χ0v) is 9.63. The van der Waals surface area contributed by atoms with E-state index >= 15 is 0 Å². The summed E-state index contributed by atoms with van der Waals surface area (Å²) in [5.74, 6) is -0.256. The third-order valence-electron chi connectivity index (χ3n) is 2.55. The number of esters is 1. The number of hydrogen-bond donors (Lipinski definition) is 0. The molecule has 0 saturated carbocycles. The molecule has 4 nitrogen and oxygen atoms in total. The van der Waals surface area contributed by atoms with Crippen molar-refractivity contribution in [2.75, 3.05) is 19.8 Å². The summed E-state index contributed by atoms with van der Waals surface area (Å²) >= 11 is 0. The van der Waals surface area contributed by atoms with Gasteiger partial charge in [0.1, 0.15) is 0 Å². The summed E-state index contributed by atoms with van der Waals surface area (Å²) < 4.78 is 15.6. The Balaban J connectivity index is 1.56. The average molecular weight is 236 g/mol. The Kier molecular flexibility index (Phi) is 4.53. The van der Waals surface area contributed by atoms with Gasteiger partial charge < -0.3 is 14.2 Å². The van der Waals surface area contributed by atoms with Gasteiger partial charge in [-0.05, 0) is 5.56 Å². The number of carbonyl (C=O) groups is 1. The van der Waals surface area contributed by atoms with E-state index in [1.54, 1.807) is 0 Å². The molecule has 1 atom stereocenters. The fourth-order valence-electron chi connectivity index (χ4n) is 1.64.